The first kappa shape index (κ1) is 34.8. The minimum Gasteiger partial charge on any atom is -0.379 e. The van der Waals surface area contributed by atoms with Crippen LogP contribution in [0.15, 0.2) is 24.3 Å². The molecule has 5 amide bonds. The lowest BCUT2D eigenvalue weighted by Gasteiger charge is -2.28. The first-order valence-corrected chi connectivity index (χ1v) is 14.3. The summed E-state index contributed by atoms with van der Waals surface area (Å²) in [5, 5.41) is 5.55. The highest BCUT2D eigenvalue weighted by Gasteiger charge is 2.29. The van der Waals surface area contributed by atoms with E-state index in [0.29, 0.717) is 84.4 Å². The first-order valence-electron chi connectivity index (χ1n) is 14.3. The van der Waals surface area contributed by atoms with Crippen LogP contribution in [-0.2, 0) is 49.3 Å². The molecule has 2 rings (SSSR count). The fourth-order valence-corrected chi connectivity index (χ4v) is 3.65. The maximum Gasteiger partial charge on any atom is 0.230 e. The molecule has 1 heterocycles. The molecule has 0 unspecified atom stereocenters. The van der Waals surface area contributed by atoms with Crippen LogP contribution in [-0.4, -0.2) is 119 Å². The molecule has 234 valence electrons. The van der Waals surface area contributed by atoms with Crippen molar-refractivity contribution in [1.82, 2.24) is 15.1 Å². The standard InChI is InChI=1S/C29H44N4O9/c1-23(34)32(2)13-9-26(35)30-12-16-40-18-20-42-22-21-41-19-17-39-15-11-27(36)31-25-6-3-24(4-7-25)5-8-28(37)33-14-10-29(33)38/h3-4,6-7H,5,8-22H2,1-2H3,(H,30,35)(H,31,36). The van der Waals surface area contributed by atoms with Gasteiger partial charge in [-0.2, -0.15) is 0 Å². The van der Waals surface area contributed by atoms with Gasteiger partial charge in [0.1, 0.15) is 0 Å². The Morgan fingerprint density at radius 1 is 0.810 bits per heavy atom. The molecule has 0 radical (unpaired) electrons. The van der Waals surface area contributed by atoms with Crippen molar-refractivity contribution >= 4 is 35.2 Å². The number of hydrogen-bond acceptors (Lipinski definition) is 9. The number of aryl methyl sites for hydroxylation is 1. The number of rotatable bonds is 22. The second-order valence-electron chi connectivity index (χ2n) is 9.67. The number of hydrogen-bond donors (Lipinski definition) is 2. The van der Waals surface area contributed by atoms with Crippen molar-refractivity contribution in [3.63, 3.8) is 0 Å². The summed E-state index contributed by atoms with van der Waals surface area (Å²) >= 11 is 0. The van der Waals surface area contributed by atoms with Crippen molar-refractivity contribution in [3.05, 3.63) is 29.8 Å². The number of imide groups is 1. The molecule has 0 aromatic heterocycles. The molecule has 0 aliphatic carbocycles. The number of nitrogens with one attached hydrogen (secondary N) is 2. The van der Waals surface area contributed by atoms with Crippen LogP contribution in [0.3, 0.4) is 0 Å². The van der Waals surface area contributed by atoms with Gasteiger partial charge in [-0.05, 0) is 24.1 Å². The van der Waals surface area contributed by atoms with E-state index >= 15 is 0 Å². The first-order chi connectivity index (χ1) is 20.3. The van der Waals surface area contributed by atoms with Gasteiger partial charge in [-0.25, -0.2) is 0 Å². The number of likely N-dealkylation sites (tertiary alicyclic amines) is 1. The van der Waals surface area contributed by atoms with Crippen LogP contribution in [0, 0.1) is 0 Å². The molecule has 1 aromatic rings. The quantitative estimate of drug-likeness (QED) is 0.147. The van der Waals surface area contributed by atoms with Crippen LogP contribution >= 0.6 is 0 Å². The Labute approximate surface area is 247 Å². The predicted molar refractivity (Wildman–Crippen MR) is 154 cm³/mol. The highest BCUT2D eigenvalue weighted by Crippen LogP contribution is 2.15. The van der Waals surface area contributed by atoms with Gasteiger partial charge in [-0.3, -0.25) is 28.9 Å². The molecule has 1 aliphatic rings. The van der Waals surface area contributed by atoms with Crippen molar-refractivity contribution in [2.45, 2.75) is 39.0 Å². The Kier molecular flexibility index (Phi) is 17.0. The smallest absolute Gasteiger partial charge is 0.230 e. The zero-order valence-corrected chi connectivity index (χ0v) is 24.7. The maximum atomic E-state index is 12.1. The molecule has 1 aliphatic heterocycles. The van der Waals surface area contributed by atoms with Crippen LogP contribution in [0.5, 0.6) is 0 Å². The highest BCUT2D eigenvalue weighted by molar-refractivity contribution is 5.99. The highest BCUT2D eigenvalue weighted by atomic mass is 16.6. The fourth-order valence-electron chi connectivity index (χ4n) is 3.65. The van der Waals surface area contributed by atoms with Gasteiger partial charge in [0.25, 0.3) is 0 Å². The van der Waals surface area contributed by atoms with Gasteiger partial charge in [0.05, 0.1) is 59.3 Å². The summed E-state index contributed by atoms with van der Waals surface area (Å²) in [6.07, 6.45) is 1.75. The van der Waals surface area contributed by atoms with Crippen LogP contribution in [0.2, 0.25) is 0 Å². The molecule has 2 N–H and O–H groups in total. The molecule has 0 atom stereocenters. The van der Waals surface area contributed by atoms with Crippen molar-refractivity contribution < 1.29 is 42.9 Å². The minimum absolute atomic E-state index is 0.0746. The maximum absolute atomic E-state index is 12.1. The SMILES string of the molecule is CC(=O)N(C)CCC(=O)NCCOCCOCCOCCOCCC(=O)Nc1ccc(CCC(=O)N2CCC2=O)cc1. The lowest BCUT2D eigenvalue weighted by Crippen LogP contribution is -2.47. The van der Waals surface area contributed by atoms with Gasteiger partial charge in [0, 0.05) is 58.6 Å². The fraction of sp³-hybridized carbons (Fsp3) is 0.621. The van der Waals surface area contributed by atoms with E-state index in [2.05, 4.69) is 10.6 Å². The molecule has 0 bridgehead atoms. The van der Waals surface area contributed by atoms with Crippen molar-refractivity contribution in [2.75, 3.05) is 84.9 Å². The van der Waals surface area contributed by atoms with E-state index < -0.39 is 0 Å². The predicted octanol–water partition coefficient (Wildman–Crippen LogP) is 0.758. The van der Waals surface area contributed by atoms with E-state index in [4.69, 9.17) is 18.9 Å². The number of carbonyl (C=O) groups excluding carboxylic acids is 5. The van der Waals surface area contributed by atoms with E-state index in [1.165, 1.54) is 16.7 Å². The number of amides is 5. The summed E-state index contributed by atoms with van der Waals surface area (Å²) in [7, 11) is 1.65. The molecule has 1 fully saturated rings. The summed E-state index contributed by atoms with van der Waals surface area (Å²) in [5.41, 5.74) is 1.63. The molecule has 0 spiro atoms. The Morgan fingerprint density at radius 2 is 1.40 bits per heavy atom. The van der Waals surface area contributed by atoms with Crippen LogP contribution in [0.4, 0.5) is 5.69 Å². The number of β-lactam (4-membered cyclic amide) rings is 1. The Morgan fingerprint density at radius 3 is 1.95 bits per heavy atom. The normalized spacial score (nSPS) is 12.5. The average molecular weight is 593 g/mol. The molecular weight excluding hydrogens is 548 g/mol. The third kappa shape index (κ3) is 15.0. The van der Waals surface area contributed by atoms with Crippen molar-refractivity contribution in [2.24, 2.45) is 0 Å². The van der Waals surface area contributed by atoms with E-state index in [-0.39, 0.29) is 55.4 Å². The van der Waals surface area contributed by atoms with Gasteiger partial charge >= 0.3 is 0 Å². The van der Waals surface area contributed by atoms with Gasteiger partial charge in [0.15, 0.2) is 0 Å². The number of ether oxygens (including phenoxy) is 4. The van der Waals surface area contributed by atoms with E-state index in [1.54, 1.807) is 19.2 Å². The number of anilines is 1. The average Bonchev–Trinajstić information content (AvgIpc) is 2.96. The molecular formula is C29H44N4O9. The van der Waals surface area contributed by atoms with Crippen molar-refractivity contribution in [1.29, 1.82) is 0 Å². The zero-order chi connectivity index (χ0) is 30.6. The monoisotopic (exact) mass is 592 g/mol. The summed E-state index contributed by atoms with van der Waals surface area (Å²) in [5.74, 6) is -0.613. The number of nitrogens with zero attached hydrogens (tertiary/aromatic N) is 2. The summed E-state index contributed by atoms with van der Waals surface area (Å²) in [4.78, 5) is 60.9. The minimum atomic E-state index is -0.161. The second-order valence-corrected chi connectivity index (χ2v) is 9.67. The topological polar surface area (TPSA) is 153 Å². The molecule has 13 nitrogen and oxygen atoms in total. The van der Waals surface area contributed by atoms with E-state index in [9.17, 15) is 24.0 Å². The lowest BCUT2D eigenvalue weighted by molar-refractivity contribution is -0.152. The van der Waals surface area contributed by atoms with Gasteiger partial charge in [-0.1, -0.05) is 12.1 Å². The largest absolute Gasteiger partial charge is 0.379 e. The molecule has 1 aromatic carbocycles. The summed E-state index contributed by atoms with van der Waals surface area (Å²) in [6, 6.07) is 7.29. The number of carbonyl (C=O) groups is 5. The summed E-state index contributed by atoms with van der Waals surface area (Å²) < 4.78 is 21.7. The second kappa shape index (κ2) is 20.5. The Bertz CT molecular complexity index is 1000. The molecule has 42 heavy (non-hydrogen) atoms. The summed E-state index contributed by atoms with van der Waals surface area (Å²) in [6.45, 7) is 5.81. The van der Waals surface area contributed by atoms with Crippen LogP contribution in [0.1, 0.15) is 38.2 Å². The molecule has 1 saturated heterocycles. The third-order valence-corrected chi connectivity index (χ3v) is 6.39. The van der Waals surface area contributed by atoms with Gasteiger partial charge < -0.3 is 34.5 Å². The lowest BCUT2D eigenvalue weighted by atomic mass is 10.1. The Balaban J connectivity index is 1.34. The van der Waals surface area contributed by atoms with E-state index in [1.807, 2.05) is 12.1 Å². The van der Waals surface area contributed by atoms with Crippen LogP contribution in [0.25, 0.3) is 0 Å². The Hall–Kier alpha value is -3.39. The van der Waals surface area contributed by atoms with Crippen molar-refractivity contribution in [3.8, 4) is 0 Å². The number of benzene rings is 1. The van der Waals surface area contributed by atoms with Gasteiger partial charge in [-0.15, -0.1) is 0 Å². The molecule has 0 saturated carbocycles. The van der Waals surface area contributed by atoms with E-state index in [0.717, 1.165) is 5.56 Å². The third-order valence-electron chi connectivity index (χ3n) is 6.39. The van der Waals surface area contributed by atoms with Gasteiger partial charge in [0.2, 0.25) is 29.5 Å². The van der Waals surface area contributed by atoms with Crippen LogP contribution < -0.4 is 10.6 Å². The molecule has 13 heteroatoms. The zero-order valence-electron chi connectivity index (χ0n) is 24.7.